The number of amides is 1. The summed E-state index contributed by atoms with van der Waals surface area (Å²) >= 11 is 3.44. The van der Waals surface area contributed by atoms with Crippen LogP contribution >= 0.6 is 15.9 Å². The van der Waals surface area contributed by atoms with Gasteiger partial charge in [0.25, 0.3) is 5.91 Å². The summed E-state index contributed by atoms with van der Waals surface area (Å²) < 4.78 is 0.948. The number of hydrogen-bond donors (Lipinski definition) is 0. The van der Waals surface area contributed by atoms with Crippen molar-refractivity contribution in [2.75, 3.05) is 26.2 Å². The second-order valence-electron chi connectivity index (χ2n) is 6.42. The van der Waals surface area contributed by atoms with Crippen LogP contribution in [-0.2, 0) is 6.54 Å². The topological polar surface area (TPSA) is 23.6 Å². The summed E-state index contributed by atoms with van der Waals surface area (Å²) in [6, 6.07) is 16.4. The van der Waals surface area contributed by atoms with Gasteiger partial charge in [-0.1, -0.05) is 51.8 Å². The molecule has 3 rings (SSSR count). The van der Waals surface area contributed by atoms with Gasteiger partial charge >= 0.3 is 0 Å². The Balaban J connectivity index is 1.60. The van der Waals surface area contributed by atoms with Crippen LogP contribution in [0.4, 0.5) is 0 Å². The number of aryl methyl sites for hydroxylation is 1. The molecule has 126 valence electrons. The molecule has 1 aliphatic heterocycles. The van der Waals surface area contributed by atoms with Gasteiger partial charge in [0, 0.05) is 42.8 Å². The number of rotatable bonds is 3. The van der Waals surface area contributed by atoms with E-state index in [1.807, 2.05) is 29.2 Å². The first kappa shape index (κ1) is 17.2. The van der Waals surface area contributed by atoms with Crippen LogP contribution in [0, 0.1) is 6.92 Å². The highest BCUT2D eigenvalue weighted by Crippen LogP contribution is 2.16. The van der Waals surface area contributed by atoms with Crippen LogP contribution in [0.3, 0.4) is 0 Å². The van der Waals surface area contributed by atoms with Gasteiger partial charge in [0.15, 0.2) is 0 Å². The van der Waals surface area contributed by atoms with Crippen LogP contribution in [0.1, 0.15) is 27.9 Å². The molecule has 0 aliphatic carbocycles. The highest BCUT2D eigenvalue weighted by atomic mass is 79.9. The Bertz CT molecular complexity index is 699. The maximum atomic E-state index is 12.7. The molecule has 1 heterocycles. The molecule has 1 amide bonds. The van der Waals surface area contributed by atoms with E-state index in [4.69, 9.17) is 0 Å². The zero-order valence-corrected chi connectivity index (χ0v) is 15.6. The van der Waals surface area contributed by atoms with Crippen molar-refractivity contribution in [2.24, 2.45) is 0 Å². The number of nitrogens with zero attached hydrogens (tertiary/aromatic N) is 2. The van der Waals surface area contributed by atoms with E-state index in [1.165, 1.54) is 11.1 Å². The maximum Gasteiger partial charge on any atom is 0.253 e. The lowest BCUT2D eigenvalue weighted by Crippen LogP contribution is -2.35. The maximum absolute atomic E-state index is 12.7. The highest BCUT2D eigenvalue weighted by Gasteiger charge is 2.20. The number of carbonyl (C=O) groups is 1. The first-order valence-electron chi connectivity index (χ1n) is 8.44. The van der Waals surface area contributed by atoms with E-state index in [-0.39, 0.29) is 5.91 Å². The second-order valence-corrected chi connectivity index (χ2v) is 7.33. The van der Waals surface area contributed by atoms with E-state index in [2.05, 4.69) is 52.0 Å². The van der Waals surface area contributed by atoms with Gasteiger partial charge in [-0.3, -0.25) is 9.69 Å². The minimum Gasteiger partial charge on any atom is -0.337 e. The van der Waals surface area contributed by atoms with Gasteiger partial charge in [-0.2, -0.15) is 0 Å². The normalized spacial score (nSPS) is 16.0. The van der Waals surface area contributed by atoms with Crippen molar-refractivity contribution in [3.63, 3.8) is 0 Å². The molecule has 0 N–H and O–H groups in total. The smallest absolute Gasteiger partial charge is 0.253 e. The van der Waals surface area contributed by atoms with Gasteiger partial charge in [0.1, 0.15) is 0 Å². The van der Waals surface area contributed by atoms with Gasteiger partial charge in [0.05, 0.1) is 0 Å². The lowest BCUT2D eigenvalue weighted by molar-refractivity contribution is 0.0761. The van der Waals surface area contributed by atoms with Crippen LogP contribution in [0.2, 0.25) is 0 Å². The Labute approximate surface area is 152 Å². The van der Waals surface area contributed by atoms with E-state index in [0.717, 1.165) is 49.2 Å². The van der Waals surface area contributed by atoms with Crippen LogP contribution in [0.5, 0.6) is 0 Å². The zero-order chi connectivity index (χ0) is 16.9. The molecule has 0 radical (unpaired) electrons. The van der Waals surface area contributed by atoms with Gasteiger partial charge in [-0.25, -0.2) is 0 Å². The summed E-state index contributed by atoms with van der Waals surface area (Å²) in [7, 11) is 0. The molecule has 0 saturated carbocycles. The molecular weight excluding hydrogens is 364 g/mol. The minimum absolute atomic E-state index is 0.133. The third-order valence-electron chi connectivity index (χ3n) is 4.47. The molecule has 24 heavy (non-hydrogen) atoms. The first-order chi connectivity index (χ1) is 11.6. The number of halogens is 1. The van der Waals surface area contributed by atoms with E-state index in [1.54, 1.807) is 0 Å². The number of carbonyl (C=O) groups excluding carboxylic acids is 1. The Morgan fingerprint density at radius 1 is 1.04 bits per heavy atom. The SMILES string of the molecule is Cc1ccc(CN2CCCN(C(=O)c3cccc(Br)c3)CC2)cc1. The van der Waals surface area contributed by atoms with Gasteiger partial charge in [-0.15, -0.1) is 0 Å². The van der Waals surface area contributed by atoms with E-state index >= 15 is 0 Å². The molecule has 0 bridgehead atoms. The van der Waals surface area contributed by atoms with Crippen LogP contribution in [-0.4, -0.2) is 41.9 Å². The molecule has 0 unspecified atom stereocenters. The highest BCUT2D eigenvalue weighted by molar-refractivity contribution is 9.10. The Morgan fingerprint density at radius 3 is 2.58 bits per heavy atom. The largest absolute Gasteiger partial charge is 0.337 e. The van der Waals surface area contributed by atoms with E-state index in [0.29, 0.717) is 0 Å². The minimum atomic E-state index is 0.133. The predicted octanol–water partition coefficient (Wildman–Crippen LogP) is 4.11. The van der Waals surface area contributed by atoms with Crippen LogP contribution in [0.15, 0.2) is 53.0 Å². The predicted molar refractivity (Wildman–Crippen MR) is 101 cm³/mol. The molecule has 2 aromatic carbocycles. The van der Waals surface area contributed by atoms with E-state index in [9.17, 15) is 4.79 Å². The second kappa shape index (κ2) is 7.95. The molecule has 0 aromatic heterocycles. The quantitative estimate of drug-likeness (QED) is 0.792. The third-order valence-corrected chi connectivity index (χ3v) is 4.97. The fourth-order valence-electron chi connectivity index (χ4n) is 3.09. The molecule has 1 aliphatic rings. The molecule has 0 atom stereocenters. The fourth-order valence-corrected chi connectivity index (χ4v) is 3.49. The summed E-state index contributed by atoms with van der Waals surface area (Å²) in [6.45, 7) is 6.65. The molecular formula is C20H23BrN2O. The van der Waals surface area contributed by atoms with E-state index < -0.39 is 0 Å². The van der Waals surface area contributed by atoms with Crippen molar-refractivity contribution in [1.29, 1.82) is 0 Å². The van der Waals surface area contributed by atoms with Crippen LogP contribution in [0.25, 0.3) is 0 Å². The Kier molecular flexibility index (Phi) is 5.69. The molecule has 1 saturated heterocycles. The zero-order valence-electron chi connectivity index (χ0n) is 14.0. The monoisotopic (exact) mass is 386 g/mol. The lowest BCUT2D eigenvalue weighted by atomic mass is 10.1. The van der Waals surface area contributed by atoms with Crippen molar-refractivity contribution in [1.82, 2.24) is 9.80 Å². The summed E-state index contributed by atoms with van der Waals surface area (Å²) in [5.41, 5.74) is 3.39. The molecule has 2 aromatic rings. The van der Waals surface area contributed by atoms with Gasteiger partial charge in [0.2, 0.25) is 0 Å². The molecule has 1 fully saturated rings. The third kappa shape index (κ3) is 4.46. The molecule has 3 nitrogen and oxygen atoms in total. The number of benzene rings is 2. The standard InChI is InChI=1S/C20H23BrN2O/c1-16-6-8-17(9-7-16)15-22-10-3-11-23(13-12-22)20(24)18-4-2-5-19(21)14-18/h2,4-9,14H,3,10-13,15H2,1H3. The average Bonchev–Trinajstić information content (AvgIpc) is 2.82. The average molecular weight is 387 g/mol. The first-order valence-corrected chi connectivity index (χ1v) is 9.24. The Hall–Kier alpha value is -1.65. The van der Waals surface area contributed by atoms with Crippen molar-refractivity contribution in [3.8, 4) is 0 Å². The summed E-state index contributed by atoms with van der Waals surface area (Å²) in [6.07, 6.45) is 1.02. The van der Waals surface area contributed by atoms with Crippen LogP contribution < -0.4 is 0 Å². The summed E-state index contributed by atoms with van der Waals surface area (Å²) in [5, 5.41) is 0. The fraction of sp³-hybridized carbons (Fsp3) is 0.350. The van der Waals surface area contributed by atoms with Gasteiger partial charge < -0.3 is 4.90 Å². The Morgan fingerprint density at radius 2 is 1.83 bits per heavy atom. The lowest BCUT2D eigenvalue weighted by Gasteiger charge is -2.22. The van der Waals surface area contributed by atoms with Crippen molar-refractivity contribution in [2.45, 2.75) is 19.9 Å². The summed E-state index contributed by atoms with van der Waals surface area (Å²) in [5.74, 6) is 0.133. The summed E-state index contributed by atoms with van der Waals surface area (Å²) in [4.78, 5) is 17.1. The van der Waals surface area contributed by atoms with Crippen molar-refractivity contribution in [3.05, 3.63) is 69.7 Å². The molecule has 4 heteroatoms. The molecule has 0 spiro atoms. The van der Waals surface area contributed by atoms with Crippen molar-refractivity contribution < 1.29 is 4.79 Å². The van der Waals surface area contributed by atoms with Crippen molar-refractivity contribution >= 4 is 21.8 Å². The van der Waals surface area contributed by atoms with Gasteiger partial charge in [-0.05, 0) is 37.1 Å². The number of hydrogen-bond acceptors (Lipinski definition) is 2.